The molecule has 0 saturated carbocycles. The number of amides is 2. The zero-order chi connectivity index (χ0) is 23.3. The number of anilines is 1. The number of thioether (sulfide) groups is 1. The molecule has 5 heterocycles. The van der Waals surface area contributed by atoms with Crippen LogP contribution in [0.5, 0.6) is 0 Å². The van der Waals surface area contributed by atoms with Crippen LogP contribution in [-0.4, -0.2) is 45.7 Å². The van der Waals surface area contributed by atoms with E-state index in [-0.39, 0.29) is 11.1 Å². The average molecular weight is 493 g/mol. The fraction of sp³-hybridized carbons (Fsp3) is 0.292. The molecule has 34 heavy (non-hydrogen) atoms. The predicted octanol–water partition coefficient (Wildman–Crippen LogP) is 3.93. The normalized spacial score (nSPS) is 18.0. The van der Waals surface area contributed by atoms with Gasteiger partial charge in [-0.3, -0.25) is 19.9 Å². The van der Waals surface area contributed by atoms with Gasteiger partial charge >= 0.3 is 0 Å². The Labute approximate surface area is 205 Å². The van der Waals surface area contributed by atoms with E-state index in [2.05, 4.69) is 60.5 Å². The van der Waals surface area contributed by atoms with Crippen LogP contribution in [0.3, 0.4) is 0 Å². The Hall–Kier alpha value is -3.08. The van der Waals surface area contributed by atoms with Crippen LogP contribution in [0.1, 0.15) is 24.2 Å². The lowest BCUT2D eigenvalue weighted by Gasteiger charge is -2.32. The first-order valence-corrected chi connectivity index (χ1v) is 12.9. The van der Waals surface area contributed by atoms with E-state index < -0.39 is 0 Å². The van der Waals surface area contributed by atoms with Crippen molar-refractivity contribution >= 4 is 46.3 Å². The van der Waals surface area contributed by atoms with E-state index >= 15 is 0 Å². The molecule has 2 saturated heterocycles. The van der Waals surface area contributed by atoms with Gasteiger partial charge in [-0.15, -0.1) is 0 Å². The topological polar surface area (TPSA) is 100 Å². The summed E-state index contributed by atoms with van der Waals surface area (Å²) < 4.78 is 0. The Morgan fingerprint density at radius 3 is 2.79 bits per heavy atom. The van der Waals surface area contributed by atoms with Crippen molar-refractivity contribution in [2.75, 3.05) is 24.5 Å². The summed E-state index contributed by atoms with van der Waals surface area (Å²) in [5.41, 5.74) is 3.86. The summed E-state index contributed by atoms with van der Waals surface area (Å²) in [6, 6.07) is 10.0. The van der Waals surface area contributed by atoms with Gasteiger partial charge in [0.05, 0.1) is 22.0 Å². The quantitative estimate of drug-likeness (QED) is 0.479. The van der Waals surface area contributed by atoms with Crippen molar-refractivity contribution in [1.29, 1.82) is 0 Å². The van der Waals surface area contributed by atoms with Gasteiger partial charge < -0.3 is 10.2 Å². The van der Waals surface area contributed by atoms with Crippen molar-refractivity contribution in [1.82, 2.24) is 25.6 Å². The Morgan fingerprint density at radius 1 is 1.15 bits per heavy atom. The number of piperidine rings is 1. The summed E-state index contributed by atoms with van der Waals surface area (Å²) in [5, 5.41) is 9.67. The molecule has 0 aromatic carbocycles. The summed E-state index contributed by atoms with van der Waals surface area (Å²) in [6.07, 6.45) is 5.43. The molecule has 3 aromatic rings. The number of nitrogens with one attached hydrogen (secondary N) is 2. The molecule has 2 N–H and O–H groups in total. The van der Waals surface area contributed by atoms with E-state index in [0.717, 1.165) is 62.2 Å². The number of aromatic nitrogens is 3. The van der Waals surface area contributed by atoms with Crippen molar-refractivity contribution in [3.8, 4) is 11.3 Å². The third-order valence-electron chi connectivity index (χ3n) is 5.85. The third-order valence-corrected chi connectivity index (χ3v) is 7.34. The molecule has 174 valence electrons. The van der Waals surface area contributed by atoms with Crippen LogP contribution < -0.4 is 15.5 Å². The molecule has 2 aliphatic heterocycles. The van der Waals surface area contributed by atoms with Gasteiger partial charge in [-0.25, -0.2) is 9.97 Å². The average Bonchev–Trinajstić information content (AvgIpc) is 3.50. The van der Waals surface area contributed by atoms with Gasteiger partial charge in [0.1, 0.15) is 0 Å². The molecular weight excluding hydrogens is 468 g/mol. The molecule has 0 bridgehead atoms. The van der Waals surface area contributed by atoms with E-state index in [1.54, 1.807) is 29.7 Å². The lowest BCUT2D eigenvalue weighted by Crippen LogP contribution is -2.38. The molecule has 0 aliphatic carbocycles. The number of rotatable bonds is 7. The van der Waals surface area contributed by atoms with Crippen molar-refractivity contribution < 1.29 is 9.59 Å². The van der Waals surface area contributed by atoms with Crippen molar-refractivity contribution in [2.45, 2.75) is 19.4 Å². The van der Waals surface area contributed by atoms with Crippen LogP contribution in [0.2, 0.25) is 0 Å². The van der Waals surface area contributed by atoms with Gasteiger partial charge in [0, 0.05) is 36.8 Å². The molecule has 2 amide bonds. The minimum absolute atomic E-state index is 0.354. The molecule has 0 spiro atoms. The highest BCUT2D eigenvalue weighted by molar-refractivity contribution is 8.18. The number of hydrogen-bond donors (Lipinski definition) is 2. The molecule has 0 atom stereocenters. The molecule has 10 heteroatoms. The fourth-order valence-electron chi connectivity index (χ4n) is 4.04. The second kappa shape index (κ2) is 10.5. The Balaban J connectivity index is 1.11. The first kappa shape index (κ1) is 22.7. The van der Waals surface area contributed by atoms with Gasteiger partial charge in [-0.2, -0.15) is 11.3 Å². The number of nitrogens with zero attached hydrogens (tertiary/aromatic N) is 4. The van der Waals surface area contributed by atoms with E-state index in [0.29, 0.717) is 22.5 Å². The van der Waals surface area contributed by atoms with Crippen molar-refractivity contribution in [3.05, 3.63) is 63.6 Å². The minimum Gasteiger partial charge on any atom is -0.341 e. The number of imide groups is 1. The monoisotopic (exact) mass is 492 g/mol. The molecule has 0 radical (unpaired) electrons. The second-order valence-electron chi connectivity index (χ2n) is 8.22. The molecular formula is C24H24N6O2S2. The second-order valence-corrected chi connectivity index (χ2v) is 10.0. The summed E-state index contributed by atoms with van der Waals surface area (Å²) in [4.78, 5) is 39.4. The zero-order valence-electron chi connectivity index (χ0n) is 18.4. The van der Waals surface area contributed by atoms with Crippen molar-refractivity contribution in [3.63, 3.8) is 0 Å². The highest BCUT2D eigenvalue weighted by Crippen LogP contribution is 2.26. The standard InChI is InChI=1S/C24H24N6O2S2/c31-22-21(34-24(32)29-22)12-18-4-8-26-23(28-18)30-9-5-16(6-10-30)13-25-14-19-2-1-3-20(27-19)17-7-11-33-15-17/h1-4,7-8,11-12,15-16,25H,5-6,9-10,13-14H2,(H,29,31,32). The first-order valence-electron chi connectivity index (χ1n) is 11.2. The van der Waals surface area contributed by atoms with Crippen LogP contribution in [0, 0.1) is 5.92 Å². The van der Waals surface area contributed by atoms with Gasteiger partial charge in [0.15, 0.2) is 0 Å². The summed E-state index contributed by atoms with van der Waals surface area (Å²) >= 11 is 2.58. The SMILES string of the molecule is O=C1NC(=O)C(=Cc2ccnc(N3CCC(CNCc4cccc(-c5ccsc5)n4)CC3)n2)S1. The first-order chi connectivity index (χ1) is 16.6. The smallest absolute Gasteiger partial charge is 0.290 e. The molecule has 8 nitrogen and oxygen atoms in total. The Kier molecular flexibility index (Phi) is 6.98. The van der Waals surface area contributed by atoms with Gasteiger partial charge in [-0.1, -0.05) is 6.07 Å². The molecule has 0 unspecified atom stereocenters. The van der Waals surface area contributed by atoms with Crippen LogP contribution in [0.4, 0.5) is 10.7 Å². The fourth-order valence-corrected chi connectivity index (χ4v) is 5.36. The highest BCUT2D eigenvalue weighted by Gasteiger charge is 2.25. The van der Waals surface area contributed by atoms with Crippen LogP contribution in [0.25, 0.3) is 17.3 Å². The number of thiophene rings is 1. The molecule has 3 aromatic heterocycles. The van der Waals surface area contributed by atoms with Crippen LogP contribution in [0.15, 0.2) is 52.2 Å². The lowest BCUT2D eigenvalue weighted by atomic mass is 9.97. The number of pyridine rings is 1. The number of carbonyl (C=O) groups is 2. The number of hydrogen-bond acceptors (Lipinski definition) is 9. The van der Waals surface area contributed by atoms with Crippen LogP contribution in [-0.2, 0) is 11.3 Å². The molecule has 5 rings (SSSR count). The maximum Gasteiger partial charge on any atom is 0.290 e. The molecule has 2 aliphatic rings. The largest absolute Gasteiger partial charge is 0.341 e. The summed E-state index contributed by atoms with van der Waals surface area (Å²) in [6.45, 7) is 3.47. The Morgan fingerprint density at radius 2 is 2.03 bits per heavy atom. The zero-order valence-corrected chi connectivity index (χ0v) is 20.1. The maximum absolute atomic E-state index is 11.8. The molecule has 2 fully saturated rings. The predicted molar refractivity (Wildman–Crippen MR) is 135 cm³/mol. The highest BCUT2D eigenvalue weighted by atomic mass is 32.2. The van der Waals surface area contributed by atoms with Gasteiger partial charge in [-0.05, 0) is 72.8 Å². The van der Waals surface area contributed by atoms with Crippen molar-refractivity contribution in [2.24, 2.45) is 5.92 Å². The van der Waals surface area contributed by atoms with E-state index in [1.807, 2.05) is 0 Å². The van der Waals surface area contributed by atoms with Gasteiger partial charge in [0.2, 0.25) is 5.95 Å². The minimum atomic E-state index is -0.378. The third kappa shape index (κ3) is 5.52. The summed E-state index contributed by atoms with van der Waals surface area (Å²) in [7, 11) is 0. The van der Waals surface area contributed by atoms with E-state index in [1.165, 1.54) is 5.56 Å². The number of carbonyl (C=O) groups excluding carboxylic acids is 2. The Bertz CT molecular complexity index is 1210. The summed E-state index contributed by atoms with van der Waals surface area (Å²) in [5.74, 6) is 0.869. The van der Waals surface area contributed by atoms with Gasteiger partial charge in [0.25, 0.3) is 11.1 Å². The van der Waals surface area contributed by atoms with E-state index in [9.17, 15) is 9.59 Å². The van der Waals surface area contributed by atoms with Crippen LogP contribution >= 0.6 is 23.1 Å². The lowest BCUT2D eigenvalue weighted by molar-refractivity contribution is -0.115. The van der Waals surface area contributed by atoms with E-state index in [4.69, 9.17) is 4.98 Å². The maximum atomic E-state index is 11.8.